The van der Waals surface area contributed by atoms with Crippen LogP contribution >= 0.6 is 0 Å². The van der Waals surface area contributed by atoms with Crippen molar-refractivity contribution in [3.8, 4) is 0 Å². The highest BCUT2D eigenvalue weighted by molar-refractivity contribution is 5.86. The zero-order chi connectivity index (χ0) is 14.2. The van der Waals surface area contributed by atoms with E-state index < -0.39 is 5.97 Å². The number of carboxylic acid groups (broad SMARTS) is 1. The predicted molar refractivity (Wildman–Crippen MR) is 76.3 cm³/mol. The van der Waals surface area contributed by atoms with Crippen LogP contribution in [0.4, 0.5) is 0 Å². The summed E-state index contributed by atoms with van der Waals surface area (Å²) in [4.78, 5) is 15.2. The second-order valence-electron chi connectivity index (χ2n) is 5.03. The van der Waals surface area contributed by atoms with Gasteiger partial charge >= 0.3 is 5.97 Å². The molecule has 0 aliphatic heterocycles. The Bertz CT molecular complexity index is 666. The van der Waals surface area contributed by atoms with Crippen LogP contribution in [0.5, 0.6) is 0 Å². The molecule has 0 aliphatic carbocycles. The Kier molecular flexibility index (Phi) is 3.42. The van der Waals surface area contributed by atoms with Gasteiger partial charge in [-0.25, -0.2) is 9.78 Å². The summed E-state index contributed by atoms with van der Waals surface area (Å²) in [5.41, 5.74) is 4.35. The van der Waals surface area contributed by atoms with Gasteiger partial charge in [0.1, 0.15) is 5.82 Å². The van der Waals surface area contributed by atoms with Gasteiger partial charge in [-0.15, -0.1) is 0 Å². The van der Waals surface area contributed by atoms with Gasteiger partial charge in [0.05, 0.1) is 11.0 Å². The maximum Gasteiger partial charge on any atom is 0.328 e. The molecule has 1 aromatic heterocycles. The van der Waals surface area contributed by atoms with Crippen molar-refractivity contribution in [1.82, 2.24) is 9.55 Å². The molecule has 0 aliphatic rings. The van der Waals surface area contributed by atoms with Crippen LogP contribution in [0.2, 0.25) is 0 Å². The first-order chi connectivity index (χ1) is 8.90. The number of aliphatic carboxylic acids is 1. The summed E-state index contributed by atoms with van der Waals surface area (Å²) in [6, 6.07) is 4.37. The summed E-state index contributed by atoms with van der Waals surface area (Å²) in [5, 5.41) is 8.74. The molecule has 0 spiro atoms. The van der Waals surface area contributed by atoms with Gasteiger partial charge in [0, 0.05) is 12.1 Å². The number of fused-ring (bicyclic) bond motifs is 1. The average molecular weight is 258 g/mol. The van der Waals surface area contributed by atoms with Gasteiger partial charge in [0.25, 0.3) is 0 Å². The minimum atomic E-state index is -0.963. The summed E-state index contributed by atoms with van der Waals surface area (Å²) in [6.07, 6.45) is 2.67. The number of benzene rings is 1. The van der Waals surface area contributed by atoms with E-state index in [-0.39, 0.29) is 6.04 Å². The monoisotopic (exact) mass is 258 g/mol. The molecule has 2 aromatic rings. The van der Waals surface area contributed by atoms with Gasteiger partial charge in [-0.3, -0.25) is 0 Å². The lowest BCUT2D eigenvalue weighted by Crippen LogP contribution is -2.03. The van der Waals surface area contributed by atoms with E-state index in [9.17, 15) is 4.79 Å². The molecule has 4 nitrogen and oxygen atoms in total. The topological polar surface area (TPSA) is 55.1 Å². The molecule has 0 saturated heterocycles. The molecular formula is C15H18N2O2. The number of hydrogen-bond acceptors (Lipinski definition) is 2. The first-order valence-electron chi connectivity index (χ1n) is 6.30. The molecule has 0 amide bonds. The van der Waals surface area contributed by atoms with Gasteiger partial charge in [0.15, 0.2) is 0 Å². The van der Waals surface area contributed by atoms with E-state index in [1.807, 2.05) is 6.07 Å². The number of aryl methyl sites for hydroxylation is 2. The molecule has 0 fully saturated rings. The molecule has 4 heteroatoms. The molecule has 0 unspecified atom stereocenters. The van der Waals surface area contributed by atoms with Crippen LogP contribution in [-0.4, -0.2) is 20.6 Å². The molecule has 1 N–H and O–H groups in total. The normalized spacial score (nSPS) is 11.8. The van der Waals surface area contributed by atoms with Gasteiger partial charge < -0.3 is 9.67 Å². The smallest absolute Gasteiger partial charge is 0.328 e. The van der Waals surface area contributed by atoms with E-state index in [0.29, 0.717) is 5.82 Å². The van der Waals surface area contributed by atoms with Gasteiger partial charge in [-0.05, 0) is 57.0 Å². The fraction of sp³-hybridized carbons (Fsp3) is 0.333. The van der Waals surface area contributed by atoms with Crippen LogP contribution in [0.15, 0.2) is 18.2 Å². The van der Waals surface area contributed by atoms with Gasteiger partial charge in [-0.2, -0.15) is 0 Å². The number of nitrogens with zero attached hydrogens (tertiary/aromatic N) is 2. The fourth-order valence-electron chi connectivity index (χ4n) is 2.18. The number of carboxylic acids is 1. The van der Waals surface area contributed by atoms with Crippen molar-refractivity contribution in [1.29, 1.82) is 0 Å². The highest BCUT2D eigenvalue weighted by Crippen LogP contribution is 2.24. The molecule has 0 bridgehead atoms. The van der Waals surface area contributed by atoms with Gasteiger partial charge in [-0.1, -0.05) is 0 Å². The quantitative estimate of drug-likeness (QED) is 0.859. The molecule has 1 heterocycles. The van der Waals surface area contributed by atoms with E-state index in [2.05, 4.69) is 43.3 Å². The van der Waals surface area contributed by atoms with Crippen molar-refractivity contribution in [2.24, 2.45) is 0 Å². The van der Waals surface area contributed by atoms with Crippen LogP contribution in [-0.2, 0) is 4.79 Å². The van der Waals surface area contributed by atoms with Crippen molar-refractivity contribution < 1.29 is 9.90 Å². The Hall–Kier alpha value is -2.10. The standard InChI is InChI=1S/C15H18N2O2/c1-9(2)17-13-8-11(4)10(3)7-12(13)16-14(17)5-6-15(18)19/h5-9H,1-4H3,(H,18,19)/b6-5+. The third kappa shape index (κ3) is 2.52. The Labute approximate surface area is 112 Å². The molecule has 0 saturated carbocycles. The minimum absolute atomic E-state index is 0.223. The number of rotatable bonds is 3. The van der Waals surface area contributed by atoms with Crippen LogP contribution < -0.4 is 0 Å². The van der Waals surface area contributed by atoms with Crippen LogP contribution in [0.3, 0.4) is 0 Å². The van der Waals surface area contributed by atoms with Crippen molar-refractivity contribution in [3.05, 3.63) is 35.2 Å². The van der Waals surface area contributed by atoms with E-state index in [1.165, 1.54) is 11.1 Å². The first-order valence-corrected chi connectivity index (χ1v) is 6.30. The summed E-state index contributed by atoms with van der Waals surface area (Å²) >= 11 is 0. The highest BCUT2D eigenvalue weighted by Gasteiger charge is 2.12. The Morgan fingerprint density at radius 2 is 1.95 bits per heavy atom. The predicted octanol–water partition coefficient (Wildman–Crippen LogP) is 3.33. The van der Waals surface area contributed by atoms with Crippen molar-refractivity contribution in [2.75, 3.05) is 0 Å². The molecule has 19 heavy (non-hydrogen) atoms. The lowest BCUT2D eigenvalue weighted by atomic mass is 10.1. The Morgan fingerprint density at radius 1 is 1.32 bits per heavy atom. The largest absolute Gasteiger partial charge is 0.478 e. The summed E-state index contributed by atoms with van der Waals surface area (Å²) in [7, 11) is 0. The Balaban J connectivity index is 2.70. The van der Waals surface area contributed by atoms with Crippen molar-refractivity contribution >= 4 is 23.1 Å². The fourth-order valence-corrected chi connectivity index (χ4v) is 2.18. The zero-order valence-electron chi connectivity index (χ0n) is 11.6. The number of hydrogen-bond donors (Lipinski definition) is 1. The molecule has 0 radical (unpaired) electrons. The molecule has 0 atom stereocenters. The first kappa shape index (κ1) is 13.3. The molecule has 1 aromatic carbocycles. The average Bonchev–Trinajstić information content (AvgIpc) is 2.64. The number of carbonyl (C=O) groups is 1. The molecule has 100 valence electrons. The van der Waals surface area contributed by atoms with Crippen LogP contribution in [0.1, 0.15) is 36.8 Å². The molecular weight excluding hydrogens is 240 g/mol. The highest BCUT2D eigenvalue weighted by atomic mass is 16.4. The van der Waals surface area contributed by atoms with E-state index >= 15 is 0 Å². The number of aromatic nitrogens is 2. The Morgan fingerprint density at radius 3 is 2.53 bits per heavy atom. The zero-order valence-corrected chi connectivity index (χ0v) is 11.6. The van der Waals surface area contributed by atoms with Crippen LogP contribution in [0.25, 0.3) is 17.1 Å². The second-order valence-corrected chi connectivity index (χ2v) is 5.03. The SMILES string of the molecule is Cc1cc2nc(/C=C/C(=O)O)n(C(C)C)c2cc1C. The van der Waals surface area contributed by atoms with E-state index in [4.69, 9.17) is 5.11 Å². The van der Waals surface area contributed by atoms with Crippen molar-refractivity contribution in [3.63, 3.8) is 0 Å². The van der Waals surface area contributed by atoms with E-state index in [1.54, 1.807) is 6.08 Å². The van der Waals surface area contributed by atoms with Crippen molar-refractivity contribution in [2.45, 2.75) is 33.7 Å². The third-order valence-corrected chi connectivity index (χ3v) is 3.22. The minimum Gasteiger partial charge on any atom is -0.478 e. The lowest BCUT2D eigenvalue weighted by Gasteiger charge is -2.11. The van der Waals surface area contributed by atoms with E-state index in [0.717, 1.165) is 17.1 Å². The van der Waals surface area contributed by atoms with Gasteiger partial charge in [0.2, 0.25) is 0 Å². The summed E-state index contributed by atoms with van der Waals surface area (Å²) in [5.74, 6) is -0.285. The van der Waals surface area contributed by atoms with Crippen LogP contribution in [0, 0.1) is 13.8 Å². The summed E-state index contributed by atoms with van der Waals surface area (Å²) in [6.45, 7) is 8.25. The third-order valence-electron chi connectivity index (χ3n) is 3.22. The molecule has 2 rings (SSSR count). The number of imidazole rings is 1. The maximum absolute atomic E-state index is 10.7. The summed E-state index contributed by atoms with van der Waals surface area (Å²) < 4.78 is 2.06. The lowest BCUT2D eigenvalue weighted by molar-refractivity contribution is -0.131. The second kappa shape index (κ2) is 4.88. The maximum atomic E-state index is 10.7.